The zero-order valence-corrected chi connectivity index (χ0v) is 21.3. The van der Waals surface area contributed by atoms with Crippen molar-refractivity contribution in [3.63, 3.8) is 0 Å². The second-order valence-electron chi connectivity index (χ2n) is 11.8. The van der Waals surface area contributed by atoms with Crippen LogP contribution in [0.25, 0.3) is 0 Å². The Labute approximate surface area is 211 Å². The lowest BCUT2D eigenvalue weighted by Gasteiger charge is -2.50. The van der Waals surface area contributed by atoms with Gasteiger partial charge in [-0.3, -0.25) is 4.90 Å². The summed E-state index contributed by atoms with van der Waals surface area (Å²) in [5, 5.41) is 12.2. The number of nitrogens with zero attached hydrogens (tertiary/aromatic N) is 3. The number of rotatable bonds is 9. The Hall–Kier alpha value is -1.72. The van der Waals surface area contributed by atoms with Crippen molar-refractivity contribution in [1.82, 2.24) is 14.7 Å². The molecule has 0 amide bonds. The molecule has 6 heterocycles. The Kier molecular flexibility index (Phi) is 6.99. The number of benzene rings is 2. The van der Waals surface area contributed by atoms with Crippen LogP contribution in [0.15, 0.2) is 60.7 Å². The topological polar surface area (TPSA) is 30.0 Å². The maximum atomic E-state index is 12.2. The second-order valence-corrected chi connectivity index (χ2v) is 11.8. The summed E-state index contributed by atoms with van der Waals surface area (Å²) < 4.78 is 0. The van der Waals surface area contributed by atoms with Crippen LogP contribution in [0.4, 0.5) is 0 Å². The molecule has 6 aliphatic heterocycles. The van der Waals surface area contributed by atoms with Crippen molar-refractivity contribution in [3.05, 3.63) is 71.8 Å². The lowest BCUT2D eigenvalue weighted by atomic mass is 9.77. The predicted octanol–water partition coefficient (Wildman–Crippen LogP) is 4.44. The Balaban J connectivity index is 1.22. The van der Waals surface area contributed by atoms with Crippen molar-refractivity contribution >= 4 is 0 Å². The standard InChI is InChI=1S/C31H43N3O/c35-31(28-7-3-1-4-8-28,29-9-5-2-6-10-29)16-22-34(30-24-33-19-13-26(30)14-20-33)21-15-27-23-32-17-11-25(27)12-18-32/h1-10,25-27,30,35H,11-24H2. The van der Waals surface area contributed by atoms with Crippen molar-refractivity contribution in [1.29, 1.82) is 0 Å². The average molecular weight is 474 g/mol. The molecule has 6 aliphatic rings. The highest BCUT2D eigenvalue weighted by atomic mass is 16.3. The number of hydrogen-bond acceptors (Lipinski definition) is 4. The number of aliphatic hydroxyl groups is 1. The van der Waals surface area contributed by atoms with E-state index in [0.717, 1.165) is 41.8 Å². The summed E-state index contributed by atoms with van der Waals surface area (Å²) in [6, 6.07) is 21.3. The van der Waals surface area contributed by atoms with Crippen molar-refractivity contribution in [2.45, 2.75) is 50.2 Å². The van der Waals surface area contributed by atoms with Crippen LogP contribution in [0, 0.1) is 17.8 Å². The lowest BCUT2D eigenvalue weighted by Crippen LogP contribution is -2.58. The number of piperidine rings is 6. The van der Waals surface area contributed by atoms with Crippen LogP contribution in [0.5, 0.6) is 0 Å². The molecule has 0 saturated carbocycles. The minimum atomic E-state index is -0.954. The predicted molar refractivity (Wildman–Crippen MR) is 142 cm³/mol. The molecule has 35 heavy (non-hydrogen) atoms. The summed E-state index contributed by atoms with van der Waals surface area (Å²) in [6.45, 7) is 9.90. The first-order valence-corrected chi connectivity index (χ1v) is 14.2. The molecule has 8 rings (SSSR count). The Morgan fingerprint density at radius 1 is 0.714 bits per heavy atom. The summed E-state index contributed by atoms with van der Waals surface area (Å²) in [7, 11) is 0. The molecule has 2 atom stereocenters. The summed E-state index contributed by atoms with van der Waals surface area (Å²) in [4.78, 5) is 8.20. The van der Waals surface area contributed by atoms with Crippen LogP contribution in [0.1, 0.15) is 49.7 Å². The van der Waals surface area contributed by atoms with Crippen molar-refractivity contribution in [3.8, 4) is 0 Å². The fraction of sp³-hybridized carbons (Fsp3) is 0.613. The molecule has 2 unspecified atom stereocenters. The van der Waals surface area contributed by atoms with E-state index >= 15 is 0 Å². The molecule has 0 aromatic heterocycles. The zero-order valence-electron chi connectivity index (χ0n) is 21.3. The molecular weight excluding hydrogens is 430 g/mol. The fourth-order valence-electron chi connectivity index (χ4n) is 7.73. The second kappa shape index (κ2) is 10.3. The SMILES string of the molecule is OC(CCN(CCC1CN2CCC1CC2)C1CN2CCC1CC2)(c1ccccc1)c1ccccc1. The maximum Gasteiger partial charge on any atom is 0.116 e. The smallest absolute Gasteiger partial charge is 0.116 e. The summed E-state index contributed by atoms with van der Waals surface area (Å²) in [5.74, 6) is 2.63. The van der Waals surface area contributed by atoms with Gasteiger partial charge in [0.25, 0.3) is 0 Å². The third-order valence-electron chi connectivity index (χ3n) is 9.93. The summed E-state index contributed by atoms with van der Waals surface area (Å²) >= 11 is 0. The Bertz CT molecular complexity index is 895. The lowest BCUT2D eigenvalue weighted by molar-refractivity contribution is -0.0192. The first-order valence-electron chi connectivity index (χ1n) is 14.2. The van der Waals surface area contributed by atoms with Crippen molar-refractivity contribution in [2.75, 3.05) is 52.4 Å². The number of hydrogen-bond donors (Lipinski definition) is 1. The normalized spacial score (nSPS) is 32.3. The van der Waals surface area contributed by atoms with Gasteiger partial charge in [-0.2, -0.15) is 0 Å². The van der Waals surface area contributed by atoms with Gasteiger partial charge in [-0.25, -0.2) is 0 Å². The van der Waals surface area contributed by atoms with E-state index in [1.807, 2.05) is 12.1 Å². The van der Waals surface area contributed by atoms with Gasteiger partial charge >= 0.3 is 0 Å². The third-order valence-corrected chi connectivity index (χ3v) is 9.93. The van der Waals surface area contributed by atoms with Gasteiger partial charge in [-0.05, 0) is 100 Å². The van der Waals surface area contributed by atoms with Crippen molar-refractivity contribution < 1.29 is 5.11 Å². The highest BCUT2D eigenvalue weighted by Gasteiger charge is 2.40. The van der Waals surface area contributed by atoms with Gasteiger partial charge in [0.05, 0.1) is 0 Å². The van der Waals surface area contributed by atoms with Gasteiger partial charge < -0.3 is 14.9 Å². The summed E-state index contributed by atoms with van der Waals surface area (Å²) in [5.41, 5.74) is 1.07. The molecular formula is C31H43N3O. The van der Waals surface area contributed by atoms with Gasteiger partial charge in [0.2, 0.25) is 0 Å². The largest absolute Gasteiger partial charge is 0.380 e. The third kappa shape index (κ3) is 4.96. The molecule has 2 aromatic rings. The van der Waals surface area contributed by atoms with E-state index in [9.17, 15) is 5.11 Å². The average Bonchev–Trinajstić information content (AvgIpc) is 2.95. The van der Waals surface area contributed by atoms with E-state index < -0.39 is 5.60 Å². The van der Waals surface area contributed by atoms with Crippen LogP contribution in [0.3, 0.4) is 0 Å². The minimum Gasteiger partial charge on any atom is -0.380 e. The highest BCUT2D eigenvalue weighted by Crippen LogP contribution is 2.38. The molecule has 6 fully saturated rings. The molecule has 4 bridgehead atoms. The van der Waals surface area contributed by atoms with Crippen LogP contribution in [0.2, 0.25) is 0 Å². The van der Waals surface area contributed by atoms with Gasteiger partial charge in [0.15, 0.2) is 0 Å². The number of fused-ring (bicyclic) bond motifs is 6. The molecule has 6 saturated heterocycles. The quantitative estimate of drug-likeness (QED) is 0.583. The maximum absolute atomic E-state index is 12.2. The Morgan fingerprint density at radius 2 is 1.26 bits per heavy atom. The first kappa shape index (κ1) is 23.7. The van der Waals surface area contributed by atoms with Gasteiger partial charge in [-0.15, -0.1) is 0 Å². The van der Waals surface area contributed by atoms with Crippen LogP contribution >= 0.6 is 0 Å². The molecule has 0 aliphatic carbocycles. The highest BCUT2D eigenvalue weighted by molar-refractivity contribution is 5.35. The van der Waals surface area contributed by atoms with Crippen LogP contribution in [-0.2, 0) is 5.60 Å². The van der Waals surface area contributed by atoms with Crippen molar-refractivity contribution in [2.24, 2.45) is 17.8 Å². The van der Waals surface area contributed by atoms with E-state index in [2.05, 4.69) is 63.2 Å². The van der Waals surface area contributed by atoms with E-state index in [1.54, 1.807) is 0 Å². The first-order chi connectivity index (χ1) is 17.2. The van der Waals surface area contributed by atoms with Crippen LogP contribution < -0.4 is 0 Å². The van der Waals surface area contributed by atoms with E-state index in [1.165, 1.54) is 77.9 Å². The van der Waals surface area contributed by atoms with Gasteiger partial charge in [0.1, 0.15) is 5.60 Å². The fourth-order valence-corrected chi connectivity index (χ4v) is 7.73. The van der Waals surface area contributed by atoms with Crippen LogP contribution in [-0.4, -0.2) is 78.2 Å². The van der Waals surface area contributed by atoms with Gasteiger partial charge in [0, 0.05) is 25.7 Å². The van der Waals surface area contributed by atoms with E-state index in [0.29, 0.717) is 6.04 Å². The van der Waals surface area contributed by atoms with E-state index in [4.69, 9.17) is 0 Å². The Morgan fingerprint density at radius 3 is 1.74 bits per heavy atom. The monoisotopic (exact) mass is 473 g/mol. The molecule has 188 valence electrons. The molecule has 0 radical (unpaired) electrons. The molecule has 4 heteroatoms. The molecule has 4 nitrogen and oxygen atoms in total. The molecule has 0 spiro atoms. The molecule has 1 N–H and O–H groups in total. The van der Waals surface area contributed by atoms with E-state index in [-0.39, 0.29) is 0 Å². The summed E-state index contributed by atoms with van der Waals surface area (Å²) in [6.07, 6.45) is 7.58. The van der Waals surface area contributed by atoms with Gasteiger partial charge in [-0.1, -0.05) is 60.7 Å². The zero-order chi connectivity index (χ0) is 23.7. The molecule has 2 aromatic carbocycles. The minimum absolute atomic E-state index is 0.648.